The zero-order valence-corrected chi connectivity index (χ0v) is 12.9. The van der Waals surface area contributed by atoms with Crippen LogP contribution in [0.4, 0.5) is 0 Å². The molecule has 0 amide bonds. The Kier molecular flexibility index (Phi) is 3.54. The van der Waals surface area contributed by atoms with Gasteiger partial charge in [-0.1, -0.05) is 60.7 Å². The minimum atomic E-state index is -0.556. The van der Waals surface area contributed by atoms with Gasteiger partial charge in [-0.25, -0.2) is 4.79 Å². The van der Waals surface area contributed by atoms with Crippen LogP contribution < -0.4 is 16.0 Å². The molecular formula is C19H16N2O3. The van der Waals surface area contributed by atoms with Crippen molar-refractivity contribution in [2.24, 2.45) is 0 Å². The van der Waals surface area contributed by atoms with Gasteiger partial charge in [0.2, 0.25) is 5.88 Å². The number of fused-ring (bicyclic) bond motifs is 1. The molecule has 3 aromatic rings. The van der Waals surface area contributed by atoms with Crippen molar-refractivity contribution < 1.29 is 4.74 Å². The SMILES string of the molecule is O=c1[nH]c2c(c(=O)[nH]1)[C@H](c1ccccc1)C[C@H](c1ccccc1)O2. The van der Waals surface area contributed by atoms with Gasteiger partial charge in [0.1, 0.15) is 6.10 Å². The number of rotatable bonds is 2. The second-order valence-corrected chi connectivity index (χ2v) is 5.87. The summed E-state index contributed by atoms with van der Waals surface area (Å²) in [5.41, 5.74) is 1.58. The molecule has 1 aliphatic heterocycles. The van der Waals surface area contributed by atoms with Crippen LogP contribution in [0.15, 0.2) is 70.3 Å². The van der Waals surface area contributed by atoms with Gasteiger partial charge in [-0.2, -0.15) is 0 Å². The smallest absolute Gasteiger partial charge is 0.328 e. The van der Waals surface area contributed by atoms with Gasteiger partial charge in [0.05, 0.1) is 5.56 Å². The number of nitrogens with one attached hydrogen (secondary N) is 2. The van der Waals surface area contributed by atoms with Crippen molar-refractivity contribution >= 4 is 0 Å². The molecule has 0 radical (unpaired) electrons. The molecule has 5 heteroatoms. The van der Waals surface area contributed by atoms with E-state index in [9.17, 15) is 9.59 Å². The van der Waals surface area contributed by atoms with E-state index >= 15 is 0 Å². The molecule has 24 heavy (non-hydrogen) atoms. The topological polar surface area (TPSA) is 75.0 Å². The Morgan fingerprint density at radius 3 is 2.12 bits per heavy atom. The highest BCUT2D eigenvalue weighted by Crippen LogP contribution is 2.41. The van der Waals surface area contributed by atoms with Crippen molar-refractivity contribution in [1.29, 1.82) is 0 Å². The predicted octanol–water partition coefficient (Wildman–Crippen LogP) is 2.72. The van der Waals surface area contributed by atoms with Crippen LogP contribution in [-0.4, -0.2) is 9.97 Å². The summed E-state index contributed by atoms with van der Waals surface area (Å²) in [4.78, 5) is 29.0. The van der Waals surface area contributed by atoms with Crippen LogP contribution >= 0.6 is 0 Å². The van der Waals surface area contributed by atoms with Crippen LogP contribution in [0.3, 0.4) is 0 Å². The lowest BCUT2D eigenvalue weighted by Crippen LogP contribution is -2.33. The number of ether oxygens (including phenoxy) is 1. The summed E-state index contributed by atoms with van der Waals surface area (Å²) >= 11 is 0. The van der Waals surface area contributed by atoms with E-state index in [4.69, 9.17) is 4.74 Å². The number of hydrogen-bond acceptors (Lipinski definition) is 3. The van der Waals surface area contributed by atoms with Crippen molar-refractivity contribution in [1.82, 2.24) is 9.97 Å². The zero-order valence-electron chi connectivity index (χ0n) is 12.9. The lowest BCUT2D eigenvalue weighted by atomic mass is 9.84. The third kappa shape index (κ3) is 2.54. The number of aromatic amines is 2. The van der Waals surface area contributed by atoms with E-state index in [1.807, 2.05) is 60.7 Å². The van der Waals surface area contributed by atoms with E-state index < -0.39 is 11.2 Å². The fraction of sp³-hybridized carbons (Fsp3) is 0.158. The Bertz CT molecular complexity index is 961. The highest BCUT2D eigenvalue weighted by atomic mass is 16.5. The first kappa shape index (κ1) is 14.5. The molecule has 2 atom stereocenters. The fourth-order valence-electron chi connectivity index (χ4n) is 3.27. The van der Waals surface area contributed by atoms with E-state index in [1.165, 1.54) is 0 Å². The molecule has 1 aromatic heterocycles. The second-order valence-electron chi connectivity index (χ2n) is 5.87. The first-order valence-corrected chi connectivity index (χ1v) is 7.85. The highest BCUT2D eigenvalue weighted by molar-refractivity contribution is 5.39. The van der Waals surface area contributed by atoms with Gasteiger partial charge < -0.3 is 4.74 Å². The molecule has 2 heterocycles. The number of aromatic nitrogens is 2. The summed E-state index contributed by atoms with van der Waals surface area (Å²) < 4.78 is 5.96. The Morgan fingerprint density at radius 2 is 1.46 bits per heavy atom. The Balaban J connectivity index is 1.87. The predicted molar refractivity (Wildman–Crippen MR) is 90.4 cm³/mol. The van der Waals surface area contributed by atoms with E-state index in [0.29, 0.717) is 12.0 Å². The normalized spacial score (nSPS) is 19.3. The molecular weight excluding hydrogens is 304 g/mol. The van der Waals surface area contributed by atoms with Crippen LogP contribution in [0.5, 0.6) is 5.88 Å². The van der Waals surface area contributed by atoms with Crippen molar-refractivity contribution in [2.45, 2.75) is 18.4 Å². The summed E-state index contributed by atoms with van der Waals surface area (Å²) in [6, 6.07) is 19.6. The summed E-state index contributed by atoms with van der Waals surface area (Å²) in [5, 5.41) is 0. The van der Waals surface area contributed by atoms with E-state index in [1.54, 1.807) is 0 Å². The first-order valence-electron chi connectivity index (χ1n) is 7.85. The molecule has 4 rings (SSSR count). The largest absolute Gasteiger partial charge is 0.470 e. The molecule has 0 bridgehead atoms. The van der Waals surface area contributed by atoms with Gasteiger partial charge >= 0.3 is 5.69 Å². The van der Waals surface area contributed by atoms with E-state index in [-0.39, 0.29) is 17.9 Å². The quantitative estimate of drug-likeness (QED) is 0.762. The third-order valence-corrected chi connectivity index (χ3v) is 4.38. The van der Waals surface area contributed by atoms with Crippen LogP contribution in [0.2, 0.25) is 0 Å². The Hall–Kier alpha value is -3.08. The first-order chi connectivity index (χ1) is 11.7. The van der Waals surface area contributed by atoms with Gasteiger partial charge in [0, 0.05) is 5.92 Å². The van der Waals surface area contributed by atoms with Crippen molar-refractivity contribution in [3.05, 3.63) is 98.2 Å². The van der Waals surface area contributed by atoms with Gasteiger partial charge in [-0.3, -0.25) is 14.8 Å². The minimum absolute atomic E-state index is 0.138. The van der Waals surface area contributed by atoms with Crippen molar-refractivity contribution in [2.75, 3.05) is 0 Å². The molecule has 0 fully saturated rings. The average molecular weight is 320 g/mol. The third-order valence-electron chi connectivity index (χ3n) is 4.38. The Labute approximate surface area is 138 Å². The standard InChI is InChI=1S/C19H16N2O3/c22-17-16-14(12-7-3-1-4-8-12)11-15(13-9-5-2-6-10-13)24-18(16)21-19(23)20-17/h1-10,14-15H,11H2,(H2,20,21,22,23)/t14-,15+/m0/s1. The van der Waals surface area contributed by atoms with Crippen LogP contribution in [-0.2, 0) is 0 Å². The van der Waals surface area contributed by atoms with Gasteiger partial charge in [-0.05, 0) is 17.5 Å². The minimum Gasteiger partial charge on any atom is -0.470 e. The summed E-state index contributed by atoms with van der Waals surface area (Å²) in [7, 11) is 0. The fourth-order valence-corrected chi connectivity index (χ4v) is 3.27. The van der Waals surface area contributed by atoms with Crippen molar-refractivity contribution in [3.63, 3.8) is 0 Å². The zero-order chi connectivity index (χ0) is 16.5. The van der Waals surface area contributed by atoms with Gasteiger partial charge in [0.25, 0.3) is 5.56 Å². The molecule has 0 saturated heterocycles. The molecule has 2 aromatic carbocycles. The molecule has 120 valence electrons. The van der Waals surface area contributed by atoms with Crippen LogP contribution in [0, 0.1) is 0 Å². The Morgan fingerprint density at radius 1 is 0.833 bits per heavy atom. The van der Waals surface area contributed by atoms with Crippen LogP contribution in [0.25, 0.3) is 0 Å². The average Bonchev–Trinajstić information content (AvgIpc) is 2.62. The molecule has 0 aliphatic carbocycles. The molecule has 0 unspecified atom stereocenters. The van der Waals surface area contributed by atoms with Crippen LogP contribution in [0.1, 0.15) is 35.1 Å². The maximum atomic E-state index is 12.4. The lowest BCUT2D eigenvalue weighted by Gasteiger charge is -2.31. The molecule has 1 aliphatic rings. The van der Waals surface area contributed by atoms with E-state index in [0.717, 1.165) is 11.1 Å². The number of H-pyrrole nitrogens is 2. The lowest BCUT2D eigenvalue weighted by molar-refractivity contribution is 0.157. The number of hydrogen-bond donors (Lipinski definition) is 2. The van der Waals surface area contributed by atoms with Gasteiger partial charge in [0.15, 0.2) is 0 Å². The maximum absolute atomic E-state index is 12.4. The highest BCUT2D eigenvalue weighted by Gasteiger charge is 2.33. The van der Waals surface area contributed by atoms with Crippen molar-refractivity contribution in [3.8, 4) is 5.88 Å². The summed E-state index contributed by atoms with van der Waals surface area (Å²) in [6.45, 7) is 0. The maximum Gasteiger partial charge on any atom is 0.328 e. The molecule has 0 saturated carbocycles. The second kappa shape index (κ2) is 5.85. The summed E-state index contributed by atoms with van der Waals surface area (Å²) in [6.07, 6.45) is 0.414. The summed E-state index contributed by atoms with van der Waals surface area (Å²) in [5.74, 6) is 0.124. The molecule has 2 N–H and O–H groups in total. The number of benzene rings is 2. The molecule has 5 nitrogen and oxygen atoms in total. The monoisotopic (exact) mass is 320 g/mol. The van der Waals surface area contributed by atoms with E-state index in [2.05, 4.69) is 9.97 Å². The van der Waals surface area contributed by atoms with Gasteiger partial charge in [-0.15, -0.1) is 0 Å². The molecule has 0 spiro atoms.